The molecule has 0 aliphatic heterocycles. The van der Waals surface area contributed by atoms with Crippen molar-refractivity contribution in [2.45, 2.75) is 0 Å². The maximum absolute atomic E-state index is 7.92. The van der Waals surface area contributed by atoms with Gasteiger partial charge in [-0.15, -0.1) is 16.5 Å². The van der Waals surface area contributed by atoms with Crippen LogP contribution in [0.4, 0.5) is 0 Å². The summed E-state index contributed by atoms with van der Waals surface area (Å²) in [5.74, 6) is 0. The Bertz CT molecular complexity index is 202. The van der Waals surface area contributed by atoms with E-state index in [4.69, 9.17) is 16.3 Å². The van der Waals surface area contributed by atoms with Crippen LogP contribution < -0.4 is 5.43 Å². The standard InChI is InChI=1S/CHN9/c2-1-5-10(8-6-3)9-7-4/h5H. The molecule has 0 aliphatic rings. The fraction of sp³-hybridized carbons (Fsp3) is 0. The predicted molar refractivity (Wildman–Crippen MR) is 28.9 cm³/mol. The van der Waals surface area contributed by atoms with Crippen molar-refractivity contribution < 1.29 is 0 Å². The molecule has 0 heterocycles. The Morgan fingerprint density at radius 3 is 2.20 bits per heavy atom. The van der Waals surface area contributed by atoms with E-state index in [0.717, 1.165) is 0 Å². The zero-order valence-electron chi connectivity index (χ0n) is 4.58. The zero-order valence-corrected chi connectivity index (χ0v) is 4.58. The van der Waals surface area contributed by atoms with Gasteiger partial charge in [-0.2, -0.15) is 15.1 Å². The molecule has 0 aromatic heterocycles. The van der Waals surface area contributed by atoms with Gasteiger partial charge in [-0.25, -0.2) is 0 Å². The molecular formula is CHN9. The lowest BCUT2D eigenvalue weighted by molar-refractivity contribution is 0.240. The average Bonchev–Trinajstić information content (AvgIpc) is 1.90. The van der Waals surface area contributed by atoms with E-state index in [-0.39, 0.29) is 0 Å². The van der Waals surface area contributed by atoms with E-state index in [1.165, 1.54) is 6.19 Å². The Balaban J connectivity index is 4.13. The van der Waals surface area contributed by atoms with Gasteiger partial charge in [-0.1, -0.05) is 0 Å². The van der Waals surface area contributed by atoms with Crippen molar-refractivity contribution in [1.29, 1.82) is 5.26 Å². The highest BCUT2D eigenvalue weighted by Gasteiger charge is 1.91. The maximum atomic E-state index is 7.92. The van der Waals surface area contributed by atoms with Gasteiger partial charge in [0.05, 0.1) is 0 Å². The van der Waals surface area contributed by atoms with Crippen LogP contribution in [0, 0.1) is 11.5 Å². The SMILES string of the molecule is N#CNN(N=[N+]=[N-])N=[N+]=[N-]. The van der Waals surface area contributed by atoms with Crippen molar-refractivity contribution in [2.24, 2.45) is 10.4 Å². The molecule has 9 heteroatoms. The predicted octanol–water partition coefficient (Wildman–Crippen LogP) is 0.725. The molecule has 10 heavy (non-hydrogen) atoms. The lowest BCUT2D eigenvalue weighted by atomic mass is 11.4. The first kappa shape index (κ1) is 7.71. The number of hydrogen-bond acceptors (Lipinski definition) is 4. The second-order valence-electron chi connectivity index (χ2n) is 0.871. The summed E-state index contributed by atoms with van der Waals surface area (Å²) in [6.07, 6.45) is 1.38. The van der Waals surface area contributed by atoms with Gasteiger partial charge in [0.15, 0.2) is 0 Å². The Labute approximate surface area is 54.6 Å². The van der Waals surface area contributed by atoms with Crippen LogP contribution in [0.15, 0.2) is 10.4 Å². The third kappa shape index (κ3) is 2.81. The van der Waals surface area contributed by atoms with Gasteiger partial charge in [-0.3, -0.25) is 0 Å². The number of rotatable bonds is 3. The van der Waals surface area contributed by atoms with Crippen LogP contribution >= 0.6 is 0 Å². The molecule has 0 atom stereocenters. The van der Waals surface area contributed by atoms with E-state index in [1.54, 1.807) is 5.43 Å². The molecule has 0 spiro atoms. The highest BCUT2D eigenvalue weighted by atomic mass is 15.9. The second-order valence-corrected chi connectivity index (χ2v) is 0.871. The molecule has 0 saturated carbocycles. The first-order valence-electron chi connectivity index (χ1n) is 1.90. The molecule has 1 N–H and O–H groups in total. The molecular weight excluding hydrogens is 138 g/mol. The highest BCUT2D eigenvalue weighted by Crippen LogP contribution is 1.83. The Kier molecular flexibility index (Phi) is 3.75. The Hall–Kier alpha value is -2.29. The highest BCUT2D eigenvalue weighted by molar-refractivity contribution is 4.59. The molecule has 0 bridgehead atoms. The second kappa shape index (κ2) is 4.86. The third-order valence-corrected chi connectivity index (χ3v) is 0.399. The number of hydrazine groups is 1. The minimum Gasteiger partial charge on any atom is -0.169 e. The quantitative estimate of drug-likeness (QED) is 0.154. The molecule has 0 aromatic rings. The largest absolute Gasteiger partial charge is 0.216 e. The molecule has 0 fully saturated rings. The molecule has 0 radical (unpaired) electrons. The van der Waals surface area contributed by atoms with Crippen molar-refractivity contribution in [3.05, 3.63) is 20.9 Å². The molecule has 50 valence electrons. The summed E-state index contributed by atoms with van der Waals surface area (Å²) < 4.78 is 0. The van der Waals surface area contributed by atoms with Crippen LogP contribution in [0.25, 0.3) is 20.9 Å². The summed E-state index contributed by atoms with van der Waals surface area (Å²) in [7, 11) is 0. The van der Waals surface area contributed by atoms with E-state index in [2.05, 4.69) is 20.3 Å². The number of nitriles is 1. The van der Waals surface area contributed by atoms with Gasteiger partial charge in [0.25, 0.3) is 0 Å². The summed E-state index contributed by atoms with van der Waals surface area (Å²) in [6.45, 7) is 0. The first-order chi connectivity index (χ1) is 4.85. The molecule has 9 nitrogen and oxygen atoms in total. The van der Waals surface area contributed by atoms with E-state index >= 15 is 0 Å². The van der Waals surface area contributed by atoms with Crippen molar-refractivity contribution in [3.8, 4) is 6.19 Å². The van der Waals surface area contributed by atoms with Crippen LogP contribution in [-0.4, -0.2) is 5.23 Å². The summed E-state index contributed by atoms with van der Waals surface area (Å²) in [5, 5.41) is 13.8. The monoisotopic (exact) mass is 139 g/mol. The lowest BCUT2D eigenvalue weighted by Gasteiger charge is -1.98. The van der Waals surface area contributed by atoms with Crippen LogP contribution in [-0.2, 0) is 0 Å². The molecule has 0 amide bonds. The fourth-order valence-corrected chi connectivity index (χ4v) is 0.183. The summed E-state index contributed by atoms with van der Waals surface area (Å²) >= 11 is 0. The number of nitrogens with one attached hydrogen (secondary N) is 1. The van der Waals surface area contributed by atoms with Crippen molar-refractivity contribution in [3.63, 3.8) is 0 Å². The summed E-state index contributed by atoms with van der Waals surface area (Å²) in [6, 6.07) is 0. The van der Waals surface area contributed by atoms with Gasteiger partial charge >= 0.3 is 0 Å². The average molecular weight is 139 g/mol. The molecule has 0 unspecified atom stereocenters. The van der Waals surface area contributed by atoms with E-state index in [1.807, 2.05) is 0 Å². The summed E-state index contributed by atoms with van der Waals surface area (Å²) in [4.78, 5) is 4.49. The van der Waals surface area contributed by atoms with Gasteiger partial charge in [-0.05, 0) is 5.23 Å². The third-order valence-electron chi connectivity index (χ3n) is 0.399. The molecule has 0 aromatic carbocycles. The summed E-state index contributed by atoms with van der Waals surface area (Å²) in [5.41, 5.74) is 17.3. The minimum absolute atomic E-state index is 0.347. The Morgan fingerprint density at radius 1 is 1.40 bits per heavy atom. The molecule has 0 saturated heterocycles. The van der Waals surface area contributed by atoms with Crippen molar-refractivity contribution in [1.82, 2.24) is 10.7 Å². The van der Waals surface area contributed by atoms with Crippen LogP contribution in [0.2, 0.25) is 0 Å². The maximum Gasteiger partial charge on any atom is 0.216 e. The van der Waals surface area contributed by atoms with Gasteiger partial charge in [0.2, 0.25) is 6.19 Å². The van der Waals surface area contributed by atoms with Crippen LogP contribution in [0.3, 0.4) is 0 Å². The van der Waals surface area contributed by atoms with E-state index in [9.17, 15) is 0 Å². The van der Waals surface area contributed by atoms with Gasteiger partial charge < -0.3 is 0 Å². The lowest BCUT2D eigenvalue weighted by Crippen LogP contribution is -2.21. The fourth-order valence-electron chi connectivity index (χ4n) is 0.183. The normalized spacial score (nSPS) is 5.90. The smallest absolute Gasteiger partial charge is 0.169 e. The molecule has 0 rings (SSSR count). The topological polar surface area (TPSA) is 137 Å². The van der Waals surface area contributed by atoms with Crippen molar-refractivity contribution in [2.75, 3.05) is 0 Å². The van der Waals surface area contributed by atoms with E-state index < -0.39 is 0 Å². The van der Waals surface area contributed by atoms with E-state index in [0.29, 0.717) is 5.23 Å². The number of hydrogen-bond donors (Lipinski definition) is 1. The van der Waals surface area contributed by atoms with Crippen molar-refractivity contribution >= 4 is 0 Å². The van der Waals surface area contributed by atoms with Crippen LogP contribution in [0.5, 0.6) is 0 Å². The first-order valence-corrected chi connectivity index (χ1v) is 1.90. The zero-order chi connectivity index (χ0) is 7.82. The van der Waals surface area contributed by atoms with Gasteiger partial charge in [0.1, 0.15) is 0 Å². The van der Waals surface area contributed by atoms with Gasteiger partial charge in [0, 0.05) is 10.4 Å². The number of nitrogens with zero attached hydrogens (tertiary/aromatic N) is 8. The minimum atomic E-state index is 0.347. The van der Waals surface area contributed by atoms with Crippen LogP contribution in [0.1, 0.15) is 0 Å². The Morgan fingerprint density at radius 2 is 1.90 bits per heavy atom. The molecule has 0 aliphatic carbocycles. The number of azide groups is 1.